The second-order valence-electron chi connectivity index (χ2n) is 1.04. The van der Waals surface area contributed by atoms with E-state index in [2.05, 4.69) is 16.5 Å². The molecule has 0 aliphatic heterocycles. The Balaban J connectivity index is -0.000000118. The predicted molar refractivity (Wildman–Crippen MR) is 42.3 cm³/mol. The smallest absolute Gasteiger partial charge is 0.309 e. The van der Waals surface area contributed by atoms with Gasteiger partial charge in [-0.15, -0.1) is 4.99 Å². The number of urea groups is 1. The van der Waals surface area contributed by atoms with Crippen LogP contribution in [0.25, 0.3) is 0 Å². The van der Waals surface area contributed by atoms with Crippen molar-refractivity contribution in [2.75, 3.05) is 0 Å². The van der Waals surface area contributed by atoms with E-state index in [0.29, 0.717) is 0 Å². The summed E-state index contributed by atoms with van der Waals surface area (Å²) in [4.78, 5) is 19.9. The number of aliphatic imine (C=N–C) groups is 1. The molecule has 0 fully saturated rings. The Morgan fingerprint density at radius 2 is 1.50 bits per heavy atom. The van der Waals surface area contributed by atoms with E-state index in [1.807, 2.05) is 6.79 Å². The second-order valence-corrected chi connectivity index (χ2v) is 1.04. The van der Waals surface area contributed by atoms with E-state index in [4.69, 9.17) is 26.3 Å². The van der Waals surface area contributed by atoms with E-state index < -0.39 is 6.03 Å². The van der Waals surface area contributed by atoms with E-state index in [-0.39, 0.29) is 5.96 Å². The van der Waals surface area contributed by atoms with Crippen LogP contribution in [0.2, 0.25) is 0 Å². The van der Waals surface area contributed by atoms with Crippen molar-refractivity contribution in [1.29, 1.82) is 5.26 Å². The first kappa shape index (κ1) is 16.4. The van der Waals surface area contributed by atoms with Crippen LogP contribution in [0.3, 0.4) is 0 Å². The topological polar surface area (TPSA) is 174 Å². The standard InChI is InChI=1S/C2H4N4.CH4N2O.CH2O/c3-1-6-2(4)5;2-1(3)4;1-2/h(H4,4,5,6);(H4,2,3,4);1H2. The fourth-order valence-electron chi connectivity index (χ4n) is 0.0577. The maximum Gasteiger partial charge on any atom is 0.309 e. The molecule has 0 saturated heterocycles. The van der Waals surface area contributed by atoms with E-state index >= 15 is 0 Å². The Morgan fingerprint density at radius 1 is 1.25 bits per heavy atom. The zero-order chi connectivity index (χ0) is 10.6. The van der Waals surface area contributed by atoms with Gasteiger partial charge in [0.2, 0.25) is 12.2 Å². The lowest BCUT2D eigenvalue weighted by atomic mass is 11.1. The largest absolute Gasteiger partial charge is 0.369 e. The molecule has 2 amide bonds. The fraction of sp³-hybridized carbons (Fsp3) is 0. The number of nitrogens with zero attached hydrogens (tertiary/aromatic N) is 2. The molecule has 0 aromatic carbocycles. The van der Waals surface area contributed by atoms with Gasteiger partial charge in [-0.2, -0.15) is 5.26 Å². The lowest BCUT2D eigenvalue weighted by molar-refractivity contribution is -0.0979. The van der Waals surface area contributed by atoms with Crippen molar-refractivity contribution in [1.82, 2.24) is 0 Å². The maximum absolute atomic E-state index is 9.00. The van der Waals surface area contributed by atoms with Gasteiger partial charge in [0.05, 0.1) is 0 Å². The first-order chi connectivity index (χ1) is 5.50. The van der Waals surface area contributed by atoms with Crippen molar-refractivity contribution in [3.63, 3.8) is 0 Å². The molecule has 0 radical (unpaired) electrons. The van der Waals surface area contributed by atoms with Crippen LogP contribution in [0.5, 0.6) is 0 Å². The van der Waals surface area contributed by atoms with Crippen molar-refractivity contribution < 1.29 is 9.59 Å². The molecular formula is C4H10N6O2. The van der Waals surface area contributed by atoms with Gasteiger partial charge in [0.15, 0.2) is 0 Å². The molecule has 8 N–H and O–H groups in total. The number of amides is 2. The van der Waals surface area contributed by atoms with Crippen LogP contribution >= 0.6 is 0 Å². The van der Waals surface area contributed by atoms with Gasteiger partial charge in [-0.1, -0.05) is 0 Å². The minimum Gasteiger partial charge on any atom is -0.369 e. The highest BCUT2D eigenvalue weighted by molar-refractivity contribution is 5.76. The first-order valence-electron chi connectivity index (χ1n) is 2.32. The summed E-state index contributed by atoms with van der Waals surface area (Å²) in [5.41, 5.74) is 17.9. The molecule has 0 atom stereocenters. The first-order valence-corrected chi connectivity index (χ1v) is 2.32. The summed E-state index contributed by atoms with van der Waals surface area (Å²) in [6.07, 6.45) is 1.41. The monoisotopic (exact) mass is 174 g/mol. The molecule has 8 heteroatoms. The van der Waals surface area contributed by atoms with Crippen LogP contribution in [0, 0.1) is 11.5 Å². The van der Waals surface area contributed by atoms with E-state index in [1.54, 1.807) is 0 Å². The minimum absolute atomic E-state index is 0.197. The van der Waals surface area contributed by atoms with Gasteiger partial charge in [0, 0.05) is 0 Å². The number of nitrogens with two attached hydrogens (primary N) is 4. The van der Waals surface area contributed by atoms with E-state index in [0.717, 1.165) is 0 Å². The molecule has 68 valence electrons. The van der Waals surface area contributed by atoms with Gasteiger partial charge >= 0.3 is 6.03 Å². The summed E-state index contributed by atoms with van der Waals surface area (Å²) < 4.78 is 0. The van der Waals surface area contributed by atoms with Gasteiger partial charge < -0.3 is 27.7 Å². The van der Waals surface area contributed by atoms with E-state index in [9.17, 15) is 0 Å². The van der Waals surface area contributed by atoms with Crippen molar-refractivity contribution >= 4 is 18.8 Å². The lowest BCUT2D eigenvalue weighted by Gasteiger charge is -1.74. The summed E-state index contributed by atoms with van der Waals surface area (Å²) in [6.45, 7) is 2.00. The van der Waals surface area contributed by atoms with Gasteiger partial charge in [-0.25, -0.2) is 4.79 Å². The molecule has 0 aliphatic carbocycles. The highest BCUT2D eigenvalue weighted by Gasteiger charge is 1.67. The molecular weight excluding hydrogens is 164 g/mol. The van der Waals surface area contributed by atoms with Crippen molar-refractivity contribution in [2.24, 2.45) is 27.9 Å². The number of carbonyl (C=O) groups is 2. The number of carbonyl (C=O) groups excluding carboxylic acids is 2. The zero-order valence-electron chi connectivity index (χ0n) is 6.23. The van der Waals surface area contributed by atoms with E-state index in [1.165, 1.54) is 6.19 Å². The van der Waals surface area contributed by atoms with Crippen molar-refractivity contribution in [3.05, 3.63) is 0 Å². The van der Waals surface area contributed by atoms with Crippen LogP contribution in [0.4, 0.5) is 4.79 Å². The van der Waals surface area contributed by atoms with Gasteiger partial charge in [-0.05, 0) is 0 Å². The van der Waals surface area contributed by atoms with Crippen LogP contribution in [0.15, 0.2) is 4.99 Å². The Labute approximate surface area is 68.8 Å². The predicted octanol–water partition coefficient (Wildman–Crippen LogP) is -2.42. The molecule has 0 aliphatic rings. The van der Waals surface area contributed by atoms with Crippen LogP contribution in [0.1, 0.15) is 0 Å². The molecule has 12 heavy (non-hydrogen) atoms. The number of rotatable bonds is 0. The Hall–Kier alpha value is -2.30. The molecule has 0 aromatic heterocycles. The van der Waals surface area contributed by atoms with Crippen LogP contribution < -0.4 is 22.9 Å². The molecule has 0 bridgehead atoms. The molecule has 0 saturated carbocycles. The Bertz CT molecular complexity index is 174. The van der Waals surface area contributed by atoms with Gasteiger partial charge in [-0.3, -0.25) is 0 Å². The summed E-state index contributed by atoms with van der Waals surface area (Å²) in [5, 5.41) is 7.64. The van der Waals surface area contributed by atoms with Crippen LogP contribution in [-0.4, -0.2) is 18.8 Å². The molecule has 0 unspecified atom stereocenters. The number of hydrogen-bond donors (Lipinski definition) is 4. The number of guanidine groups is 1. The van der Waals surface area contributed by atoms with Gasteiger partial charge in [0.25, 0.3) is 0 Å². The average Bonchev–Trinajstić information content (AvgIpc) is 1.90. The molecule has 0 spiro atoms. The van der Waals surface area contributed by atoms with Crippen molar-refractivity contribution in [3.8, 4) is 6.19 Å². The number of nitriles is 1. The normalized spacial score (nSPS) is 5.25. The maximum atomic E-state index is 9.00. The third-order valence-corrected chi connectivity index (χ3v) is 0.179. The zero-order valence-corrected chi connectivity index (χ0v) is 6.23. The highest BCUT2D eigenvalue weighted by atomic mass is 16.2. The molecule has 0 rings (SSSR count). The lowest BCUT2D eigenvalue weighted by Crippen LogP contribution is -2.21. The third-order valence-electron chi connectivity index (χ3n) is 0.179. The van der Waals surface area contributed by atoms with Crippen molar-refractivity contribution in [2.45, 2.75) is 0 Å². The summed E-state index contributed by atoms with van der Waals surface area (Å²) >= 11 is 0. The second kappa shape index (κ2) is 15.9. The Morgan fingerprint density at radius 3 is 1.50 bits per heavy atom. The summed E-state index contributed by atoms with van der Waals surface area (Å²) in [6, 6.07) is -0.833. The molecule has 8 nitrogen and oxygen atoms in total. The number of primary amides is 2. The molecule has 0 heterocycles. The Kier molecular flexibility index (Phi) is 21.6. The quantitative estimate of drug-likeness (QED) is 0.181. The average molecular weight is 174 g/mol. The number of hydrogen-bond acceptors (Lipinski definition) is 4. The molecule has 0 aromatic rings. The SMILES string of the molecule is C=O.N#CN=C(N)N.NC(N)=O. The summed E-state index contributed by atoms with van der Waals surface area (Å²) in [7, 11) is 0. The van der Waals surface area contributed by atoms with Gasteiger partial charge in [0.1, 0.15) is 6.79 Å². The minimum atomic E-state index is -0.833. The summed E-state index contributed by atoms with van der Waals surface area (Å²) in [5.74, 6) is -0.197. The van der Waals surface area contributed by atoms with Crippen LogP contribution in [-0.2, 0) is 4.79 Å². The third kappa shape index (κ3) is 705. The fourth-order valence-corrected chi connectivity index (χ4v) is 0.0577. The highest BCUT2D eigenvalue weighted by Crippen LogP contribution is 1.49.